The van der Waals surface area contributed by atoms with Crippen LogP contribution in [0.25, 0.3) is 0 Å². The van der Waals surface area contributed by atoms with E-state index in [4.69, 9.17) is 4.74 Å². The molecule has 1 heteroatoms. The molecule has 1 aliphatic rings. The average Bonchev–Trinajstić information content (AvgIpc) is 2.18. The highest BCUT2D eigenvalue weighted by atomic mass is 16.5. The third-order valence-electron chi connectivity index (χ3n) is 2.55. The van der Waals surface area contributed by atoms with E-state index in [1.54, 1.807) is 0 Å². The predicted octanol–water partition coefficient (Wildman–Crippen LogP) is 3.48. The van der Waals surface area contributed by atoms with Crippen LogP contribution in [0.1, 0.15) is 31.9 Å². The molecule has 1 aliphatic heterocycles. The van der Waals surface area contributed by atoms with E-state index < -0.39 is 0 Å². The lowest BCUT2D eigenvalue weighted by Gasteiger charge is -2.26. The van der Waals surface area contributed by atoms with Gasteiger partial charge in [0.15, 0.2) is 0 Å². The van der Waals surface area contributed by atoms with Gasteiger partial charge in [-0.05, 0) is 25.8 Å². The maximum Gasteiger partial charge on any atom is 0.101 e. The third kappa shape index (κ3) is 2.05. The summed E-state index contributed by atoms with van der Waals surface area (Å²) in [6, 6.07) is 10.4. The third-order valence-corrected chi connectivity index (χ3v) is 2.55. The lowest BCUT2D eigenvalue weighted by Crippen LogP contribution is -2.17. The Labute approximate surface area is 85.4 Å². The normalized spacial score (nSPS) is 27.1. The van der Waals surface area contributed by atoms with Crippen molar-refractivity contribution in [1.82, 2.24) is 0 Å². The summed E-state index contributed by atoms with van der Waals surface area (Å²) in [5.41, 5.74) is 2.68. The van der Waals surface area contributed by atoms with E-state index in [2.05, 4.69) is 44.2 Å². The summed E-state index contributed by atoms with van der Waals surface area (Å²) >= 11 is 0. The molecule has 1 nitrogen and oxygen atoms in total. The number of hydrogen-bond acceptors (Lipinski definition) is 1. The zero-order valence-corrected chi connectivity index (χ0v) is 8.73. The van der Waals surface area contributed by atoms with E-state index in [1.165, 1.54) is 11.1 Å². The van der Waals surface area contributed by atoms with E-state index >= 15 is 0 Å². The minimum absolute atomic E-state index is 0.153. The van der Waals surface area contributed by atoms with Crippen LogP contribution in [0.5, 0.6) is 0 Å². The van der Waals surface area contributed by atoms with Crippen LogP contribution in [0.4, 0.5) is 0 Å². The van der Waals surface area contributed by atoms with Gasteiger partial charge in [-0.15, -0.1) is 0 Å². The van der Waals surface area contributed by atoms with E-state index in [0.29, 0.717) is 6.10 Å². The number of benzene rings is 1. The van der Waals surface area contributed by atoms with E-state index in [1.807, 2.05) is 6.07 Å². The molecule has 0 N–H and O–H groups in total. The minimum atomic E-state index is 0.153. The summed E-state index contributed by atoms with van der Waals surface area (Å²) in [4.78, 5) is 0. The lowest BCUT2D eigenvalue weighted by atomic mass is 10.0. The fraction of sp³-hybridized carbons (Fsp3) is 0.385. The van der Waals surface area contributed by atoms with Gasteiger partial charge in [-0.2, -0.15) is 0 Å². The molecule has 14 heavy (non-hydrogen) atoms. The molecule has 0 amide bonds. The zero-order chi connectivity index (χ0) is 9.97. The topological polar surface area (TPSA) is 9.23 Å². The van der Waals surface area contributed by atoms with Gasteiger partial charge in [-0.25, -0.2) is 0 Å². The van der Waals surface area contributed by atoms with Gasteiger partial charge in [0, 0.05) is 0 Å². The molecule has 1 heterocycles. The fourth-order valence-electron chi connectivity index (χ4n) is 1.94. The molecule has 0 aromatic heterocycles. The standard InChI is InChI=1S/C13H16O/c1-10-8-11(2)14-13(9-10)12-6-4-3-5-7-12/h3-7,9,11,13H,8H2,1-2H3/t11-,13+/m1/s1. The predicted molar refractivity (Wildman–Crippen MR) is 58.1 cm³/mol. The van der Waals surface area contributed by atoms with Crippen LogP contribution in [0.3, 0.4) is 0 Å². The van der Waals surface area contributed by atoms with E-state index in [0.717, 1.165) is 6.42 Å². The van der Waals surface area contributed by atoms with Crippen molar-refractivity contribution in [1.29, 1.82) is 0 Å². The van der Waals surface area contributed by atoms with Gasteiger partial charge in [0.05, 0.1) is 6.10 Å². The van der Waals surface area contributed by atoms with Gasteiger partial charge in [-0.1, -0.05) is 42.0 Å². The monoisotopic (exact) mass is 188 g/mol. The van der Waals surface area contributed by atoms with Crippen LogP contribution >= 0.6 is 0 Å². The van der Waals surface area contributed by atoms with E-state index in [-0.39, 0.29) is 6.10 Å². The molecule has 2 atom stereocenters. The molecule has 1 aromatic carbocycles. The molecule has 0 saturated carbocycles. The summed E-state index contributed by atoms with van der Waals surface area (Å²) in [5, 5.41) is 0. The van der Waals surface area contributed by atoms with Crippen LogP contribution in [-0.4, -0.2) is 6.10 Å². The summed E-state index contributed by atoms with van der Waals surface area (Å²) < 4.78 is 5.87. The summed E-state index contributed by atoms with van der Waals surface area (Å²) in [5.74, 6) is 0. The molecule has 74 valence electrons. The summed E-state index contributed by atoms with van der Waals surface area (Å²) in [7, 11) is 0. The molecular formula is C13H16O. The molecule has 0 bridgehead atoms. The second-order valence-electron chi connectivity index (χ2n) is 4.00. The molecule has 0 spiro atoms. The first-order chi connectivity index (χ1) is 6.75. The van der Waals surface area contributed by atoms with Crippen LogP contribution in [-0.2, 0) is 4.74 Å². The molecular weight excluding hydrogens is 172 g/mol. The van der Waals surface area contributed by atoms with Gasteiger partial charge < -0.3 is 4.74 Å². The summed E-state index contributed by atoms with van der Waals surface area (Å²) in [6.07, 6.45) is 3.77. The van der Waals surface area contributed by atoms with Gasteiger partial charge in [0.25, 0.3) is 0 Å². The van der Waals surface area contributed by atoms with Crippen molar-refractivity contribution in [2.24, 2.45) is 0 Å². The van der Waals surface area contributed by atoms with Gasteiger partial charge in [0.2, 0.25) is 0 Å². The lowest BCUT2D eigenvalue weighted by molar-refractivity contribution is 0.0134. The number of rotatable bonds is 1. The quantitative estimate of drug-likeness (QED) is 0.613. The van der Waals surface area contributed by atoms with Gasteiger partial charge >= 0.3 is 0 Å². The van der Waals surface area contributed by atoms with Crippen molar-refractivity contribution < 1.29 is 4.74 Å². The van der Waals surface area contributed by atoms with Gasteiger partial charge in [0.1, 0.15) is 6.10 Å². The zero-order valence-electron chi connectivity index (χ0n) is 8.73. The highest BCUT2D eigenvalue weighted by Crippen LogP contribution is 2.28. The molecule has 0 unspecified atom stereocenters. The molecule has 2 rings (SSSR count). The maximum atomic E-state index is 5.87. The second-order valence-corrected chi connectivity index (χ2v) is 4.00. The largest absolute Gasteiger partial charge is 0.366 e. The first-order valence-electron chi connectivity index (χ1n) is 5.13. The Balaban J connectivity index is 2.23. The van der Waals surface area contributed by atoms with Crippen molar-refractivity contribution in [2.75, 3.05) is 0 Å². The van der Waals surface area contributed by atoms with E-state index in [9.17, 15) is 0 Å². The summed E-state index contributed by atoms with van der Waals surface area (Å²) in [6.45, 7) is 4.31. The minimum Gasteiger partial charge on any atom is -0.366 e. The van der Waals surface area contributed by atoms with Gasteiger partial charge in [-0.3, -0.25) is 0 Å². The number of hydrogen-bond donors (Lipinski definition) is 0. The highest BCUT2D eigenvalue weighted by Gasteiger charge is 2.18. The van der Waals surface area contributed by atoms with Crippen molar-refractivity contribution in [3.05, 3.63) is 47.5 Å². The molecule has 0 radical (unpaired) electrons. The van der Waals surface area contributed by atoms with Crippen LogP contribution in [0.2, 0.25) is 0 Å². The molecule has 1 aromatic rings. The van der Waals surface area contributed by atoms with Crippen molar-refractivity contribution in [3.8, 4) is 0 Å². The first-order valence-corrected chi connectivity index (χ1v) is 5.13. The Hall–Kier alpha value is -1.08. The fourth-order valence-corrected chi connectivity index (χ4v) is 1.94. The Morgan fingerprint density at radius 1 is 1.21 bits per heavy atom. The van der Waals surface area contributed by atoms with Crippen LogP contribution < -0.4 is 0 Å². The Bertz CT molecular complexity index is 326. The smallest absolute Gasteiger partial charge is 0.101 e. The first kappa shape index (κ1) is 9.47. The SMILES string of the molecule is CC1=C[C@@H](c2ccccc2)O[C@H](C)C1. The van der Waals surface area contributed by atoms with Crippen molar-refractivity contribution in [2.45, 2.75) is 32.5 Å². The molecule has 0 saturated heterocycles. The highest BCUT2D eigenvalue weighted by molar-refractivity contribution is 5.24. The molecule has 0 aliphatic carbocycles. The van der Waals surface area contributed by atoms with Crippen LogP contribution in [0, 0.1) is 0 Å². The Kier molecular flexibility index (Phi) is 2.69. The second kappa shape index (κ2) is 3.97. The Morgan fingerprint density at radius 3 is 2.57 bits per heavy atom. The van der Waals surface area contributed by atoms with Crippen molar-refractivity contribution >= 4 is 0 Å². The molecule has 0 fully saturated rings. The van der Waals surface area contributed by atoms with Crippen LogP contribution in [0.15, 0.2) is 42.0 Å². The van der Waals surface area contributed by atoms with Crippen molar-refractivity contribution in [3.63, 3.8) is 0 Å². The number of ether oxygens (including phenoxy) is 1. The Morgan fingerprint density at radius 2 is 1.93 bits per heavy atom. The average molecular weight is 188 g/mol. The maximum absolute atomic E-state index is 5.87.